The van der Waals surface area contributed by atoms with Crippen LogP contribution in [0.1, 0.15) is 5.56 Å². The maximum absolute atomic E-state index is 12.9. The van der Waals surface area contributed by atoms with Crippen molar-refractivity contribution in [3.63, 3.8) is 0 Å². The van der Waals surface area contributed by atoms with Crippen LogP contribution in [0, 0.1) is 0 Å². The summed E-state index contributed by atoms with van der Waals surface area (Å²) in [6, 6.07) is 12.0. The van der Waals surface area contributed by atoms with Gasteiger partial charge in [0.15, 0.2) is 11.5 Å². The standard InChI is InChI=1S/C16H13NO4S/c1-11-9-17(12-6-7-14-15(8-12)21-10-20-14)22(18,19)16-5-3-2-4-13(11)16/h2-8H,1,9-10H2. The highest BCUT2D eigenvalue weighted by Gasteiger charge is 2.33. The maximum Gasteiger partial charge on any atom is 0.265 e. The van der Waals surface area contributed by atoms with Crippen LogP contribution in [0.4, 0.5) is 5.69 Å². The average Bonchev–Trinajstić information content (AvgIpc) is 2.98. The Morgan fingerprint density at radius 3 is 2.68 bits per heavy atom. The van der Waals surface area contributed by atoms with E-state index >= 15 is 0 Å². The fourth-order valence-electron chi connectivity index (χ4n) is 2.72. The summed E-state index contributed by atoms with van der Waals surface area (Å²) in [5.74, 6) is 1.18. The molecule has 0 saturated heterocycles. The summed E-state index contributed by atoms with van der Waals surface area (Å²) in [6.07, 6.45) is 0. The average molecular weight is 315 g/mol. The first-order valence-electron chi connectivity index (χ1n) is 6.77. The molecule has 0 radical (unpaired) electrons. The normalized spacial score (nSPS) is 18.2. The molecule has 5 nitrogen and oxygen atoms in total. The second-order valence-corrected chi connectivity index (χ2v) is 6.98. The van der Waals surface area contributed by atoms with Crippen molar-refractivity contribution in [3.05, 3.63) is 54.6 Å². The van der Waals surface area contributed by atoms with E-state index in [-0.39, 0.29) is 18.2 Å². The Morgan fingerprint density at radius 1 is 1.05 bits per heavy atom. The lowest BCUT2D eigenvalue weighted by Crippen LogP contribution is -2.36. The van der Waals surface area contributed by atoms with Crippen molar-refractivity contribution in [1.29, 1.82) is 0 Å². The van der Waals surface area contributed by atoms with E-state index in [9.17, 15) is 8.42 Å². The van der Waals surface area contributed by atoms with Crippen LogP contribution in [0.2, 0.25) is 0 Å². The van der Waals surface area contributed by atoms with Gasteiger partial charge in [-0.15, -0.1) is 0 Å². The molecule has 2 aliphatic rings. The van der Waals surface area contributed by atoms with Gasteiger partial charge in [-0.2, -0.15) is 0 Å². The summed E-state index contributed by atoms with van der Waals surface area (Å²) >= 11 is 0. The smallest absolute Gasteiger partial charge is 0.265 e. The van der Waals surface area contributed by atoms with Gasteiger partial charge in [0.1, 0.15) is 0 Å². The summed E-state index contributed by atoms with van der Waals surface area (Å²) in [5.41, 5.74) is 1.99. The van der Waals surface area contributed by atoms with Gasteiger partial charge in [0, 0.05) is 6.07 Å². The molecule has 0 spiro atoms. The van der Waals surface area contributed by atoms with E-state index in [1.807, 2.05) is 6.07 Å². The Morgan fingerprint density at radius 2 is 1.82 bits per heavy atom. The summed E-state index contributed by atoms with van der Waals surface area (Å²) in [5, 5.41) is 0. The lowest BCUT2D eigenvalue weighted by atomic mass is 10.1. The molecular weight excluding hydrogens is 302 g/mol. The molecule has 0 fully saturated rings. The predicted molar refractivity (Wildman–Crippen MR) is 82.6 cm³/mol. The molecule has 0 atom stereocenters. The fraction of sp³-hybridized carbons (Fsp3) is 0.125. The van der Waals surface area contributed by atoms with Crippen LogP contribution in [0.3, 0.4) is 0 Å². The monoisotopic (exact) mass is 315 g/mol. The first kappa shape index (κ1) is 13.2. The van der Waals surface area contributed by atoms with Crippen LogP contribution in [-0.4, -0.2) is 21.8 Å². The minimum absolute atomic E-state index is 0.154. The van der Waals surface area contributed by atoms with E-state index in [2.05, 4.69) is 6.58 Å². The van der Waals surface area contributed by atoms with Crippen LogP contribution in [0.25, 0.3) is 5.57 Å². The SMILES string of the molecule is C=C1CN(c2ccc3c(c2)OCO3)S(=O)(=O)c2ccccc21. The number of hydrogen-bond acceptors (Lipinski definition) is 4. The van der Waals surface area contributed by atoms with Gasteiger partial charge in [-0.1, -0.05) is 24.8 Å². The predicted octanol–water partition coefficient (Wildman–Crippen LogP) is 2.64. The van der Waals surface area contributed by atoms with Gasteiger partial charge in [0.2, 0.25) is 6.79 Å². The Hall–Kier alpha value is -2.47. The largest absolute Gasteiger partial charge is 0.454 e. The molecular formula is C16H13NO4S. The molecule has 0 aromatic heterocycles. The molecule has 0 unspecified atom stereocenters. The second-order valence-electron chi connectivity index (χ2n) is 5.15. The molecule has 6 heteroatoms. The number of nitrogens with zero attached hydrogens (tertiary/aromatic N) is 1. The lowest BCUT2D eigenvalue weighted by Gasteiger charge is -2.31. The van der Waals surface area contributed by atoms with Crippen molar-refractivity contribution in [2.45, 2.75) is 4.90 Å². The highest BCUT2D eigenvalue weighted by molar-refractivity contribution is 7.93. The van der Waals surface area contributed by atoms with Crippen LogP contribution < -0.4 is 13.8 Å². The number of anilines is 1. The van der Waals surface area contributed by atoms with Crippen molar-refractivity contribution in [1.82, 2.24) is 0 Å². The molecule has 0 bridgehead atoms. The number of ether oxygens (including phenoxy) is 2. The van der Waals surface area contributed by atoms with Crippen molar-refractivity contribution >= 4 is 21.3 Å². The number of fused-ring (bicyclic) bond motifs is 2. The first-order chi connectivity index (χ1) is 10.6. The van der Waals surface area contributed by atoms with Crippen LogP contribution in [0.15, 0.2) is 53.9 Å². The van der Waals surface area contributed by atoms with Gasteiger partial charge in [-0.25, -0.2) is 8.42 Å². The second kappa shape index (κ2) is 4.51. The Kier molecular flexibility index (Phi) is 2.71. The van der Waals surface area contributed by atoms with Gasteiger partial charge >= 0.3 is 0 Å². The van der Waals surface area contributed by atoms with Crippen LogP contribution in [0.5, 0.6) is 11.5 Å². The third-order valence-electron chi connectivity index (χ3n) is 3.81. The zero-order valence-electron chi connectivity index (χ0n) is 11.7. The zero-order valence-corrected chi connectivity index (χ0v) is 12.5. The van der Waals surface area contributed by atoms with E-state index in [1.165, 1.54) is 4.31 Å². The first-order valence-corrected chi connectivity index (χ1v) is 8.21. The van der Waals surface area contributed by atoms with Gasteiger partial charge in [-0.05, 0) is 29.3 Å². The van der Waals surface area contributed by atoms with E-state index < -0.39 is 10.0 Å². The number of rotatable bonds is 1. The van der Waals surface area contributed by atoms with Crippen molar-refractivity contribution < 1.29 is 17.9 Å². The Balaban J connectivity index is 1.85. The molecule has 2 heterocycles. The van der Waals surface area contributed by atoms with E-state index in [0.717, 1.165) is 5.57 Å². The molecule has 4 rings (SSSR count). The highest BCUT2D eigenvalue weighted by Crippen LogP contribution is 2.40. The lowest BCUT2D eigenvalue weighted by molar-refractivity contribution is 0.174. The molecule has 0 saturated carbocycles. The topological polar surface area (TPSA) is 55.8 Å². The third-order valence-corrected chi connectivity index (χ3v) is 5.65. The molecule has 112 valence electrons. The zero-order chi connectivity index (χ0) is 15.3. The van der Waals surface area contributed by atoms with Gasteiger partial charge in [0.05, 0.1) is 17.1 Å². The molecule has 2 aromatic rings. The van der Waals surface area contributed by atoms with Gasteiger partial charge in [0.25, 0.3) is 10.0 Å². The van der Waals surface area contributed by atoms with Gasteiger partial charge < -0.3 is 9.47 Å². The van der Waals surface area contributed by atoms with Crippen molar-refractivity contribution in [2.24, 2.45) is 0 Å². The Bertz CT molecular complexity index is 889. The molecule has 0 amide bonds. The molecule has 0 N–H and O–H groups in total. The molecule has 2 aromatic carbocycles. The van der Waals surface area contributed by atoms with Crippen LogP contribution >= 0.6 is 0 Å². The number of sulfonamides is 1. The van der Waals surface area contributed by atoms with E-state index in [4.69, 9.17) is 9.47 Å². The number of hydrogen-bond donors (Lipinski definition) is 0. The van der Waals surface area contributed by atoms with E-state index in [0.29, 0.717) is 22.7 Å². The molecule has 22 heavy (non-hydrogen) atoms. The van der Waals surface area contributed by atoms with E-state index in [1.54, 1.807) is 36.4 Å². The summed E-state index contributed by atoms with van der Waals surface area (Å²) in [4.78, 5) is 0.281. The quantitative estimate of drug-likeness (QED) is 0.812. The summed E-state index contributed by atoms with van der Waals surface area (Å²) < 4.78 is 37.7. The van der Waals surface area contributed by atoms with Crippen molar-refractivity contribution in [3.8, 4) is 11.5 Å². The third kappa shape index (κ3) is 1.80. The maximum atomic E-state index is 12.9. The minimum atomic E-state index is -3.61. The Labute approximate surface area is 128 Å². The summed E-state index contributed by atoms with van der Waals surface area (Å²) in [6.45, 7) is 4.38. The minimum Gasteiger partial charge on any atom is -0.454 e. The molecule has 2 aliphatic heterocycles. The number of benzene rings is 2. The van der Waals surface area contributed by atoms with Gasteiger partial charge in [-0.3, -0.25) is 4.31 Å². The fourth-order valence-corrected chi connectivity index (χ4v) is 4.41. The summed E-state index contributed by atoms with van der Waals surface area (Å²) in [7, 11) is -3.61. The highest BCUT2D eigenvalue weighted by atomic mass is 32.2. The molecule has 0 aliphatic carbocycles. The van der Waals surface area contributed by atoms with Crippen LogP contribution in [-0.2, 0) is 10.0 Å². The van der Waals surface area contributed by atoms with Crippen molar-refractivity contribution in [2.75, 3.05) is 17.6 Å².